The lowest BCUT2D eigenvalue weighted by Crippen LogP contribution is -2.31. The summed E-state index contributed by atoms with van der Waals surface area (Å²) in [6, 6.07) is 6.20. The Hall–Kier alpha value is -2.47. The number of methoxy groups -OCH3 is 1. The van der Waals surface area contributed by atoms with Crippen LogP contribution in [0.4, 0.5) is 0 Å². The molecule has 0 N–H and O–H groups in total. The highest BCUT2D eigenvalue weighted by molar-refractivity contribution is 5.79. The molecule has 1 aliphatic rings. The zero-order valence-electron chi connectivity index (χ0n) is 16.6. The third kappa shape index (κ3) is 3.54. The van der Waals surface area contributed by atoms with Gasteiger partial charge in [0, 0.05) is 12.1 Å². The van der Waals surface area contributed by atoms with Crippen molar-refractivity contribution in [2.75, 3.05) is 27.2 Å². The number of hydrogen-bond acceptors (Lipinski definition) is 5. The number of ether oxygens (including phenoxy) is 1. The largest absolute Gasteiger partial charge is 0.496 e. The van der Waals surface area contributed by atoms with Crippen molar-refractivity contribution in [1.29, 1.82) is 0 Å². The number of aromatic nitrogens is 4. The van der Waals surface area contributed by atoms with Gasteiger partial charge in [0.15, 0.2) is 5.65 Å². The summed E-state index contributed by atoms with van der Waals surface area (Å²) in [5, 5.41) is 9.04. The highest BCUT2D eigenvalue weighted by atomic mass is 16.5. The topological polar surface area (TPSA) is 56.1 Å². The van der Waals surface area contributed by atoms with Crippen molar-refractivity contribution in [3.63, 3.8) is 0 Å². The van der Waals surface area contributed by atoms with E-state index < -0.39 is 0 Å². The predicted octanol–water partition coefficient (Wildman–Crippen LogP) is 3.46. The molecule has 3 heterocycles. The molecule has 142 valence electrons. The molecule has 0 radical (unpaired) electrons. The van der Waals surface area contributed by atoms with E-state index in [-0.39, 0.29) is 0 Å². The normalized spacial score (nSPS) is 16.1. The van der Waals surface area contributed by atoms with Crippen LogP contribution in [0.15, 0.2) is 24.5 Å². The van der Waals surface area contributed by atoms with Gasteiger partial charge in [-0.1, -0.05) is 6.07 Å². The van der Waals surface area contributed by atoms with Crippen molar-refractivity contribution in [2.24, 2.45) is 5.92 Å². The maximum Gasteiger partial charge on any atom is 0.182 e. The lowest BCUT2D eigenvalue weighted by Gasteiger charge is -2.29. The fourth-order valence-corrected chi connectivity index (χ4v) is 4.06. The summed E-state index contributed by atoms with van der Waals surface area (Å²) >= 11 is 0. The maximum absolute atomic E-state index is 5.59. The summed E-state index contributed by atoms with van der Waals surface area (Å²) in [5.74, 6) is 1.51. The molecule has 0 spiro atoms. The van der Waals surface area contributed by atoms with Gasteiger partial charge >= 0.3 is 0 Å². The van der Waals surface area contributed by atoms with Gasteiger partial charge in [-0.3, -0.25) is 0 Å². The van der Waals surface area contributed by atoms with Crippen molar-refractivity contribution >= 4 is 11.2 Å². The van der Waals surface area contributed by atoms with E-state index in [4.69, 9.17) is 4.74 Å². The Balaban J connectivity index is 1.65. The van der Waals surface area contributed by atoms with Crippen LogP contribution in [-0.4, -0.2) is 51.9 Å². The second-order valence-electron chi connectivity index (χ2n) is 7.74. The molecule has 0 saturated carbocycles. The Morgan fingerprint density at radius 3 is 2.63 bits per heavy atom. The van der Waals surface area contributed by atoms with E-state index in [9.17, 15) is 0 Å². The van der Waals surface area contributed by atoms with E-state index in [1.807, 2.05) is 18.5 Å². The van der Waals surface area contributed by atoms with Gasteiger partial charge in [-0.05, 0) is 76.0 Å². The van der Waals surface area contributed by atoms with Crippen molar-refractivity contribution in [1.82, 2.24) is 24.6 Å². The van der Waals surface area contributed by atoms with Gasteiger partial charge < -0.3 is 14.2 Å². The van der Waals surface area contributed by atoms with Crippen molar-refractivity contribution in [3.8, 4) is 17.0 Å². The Kier molecular flexibility index (Phi) is 4.83. The maximum atomic E-state index is 5.59. The second kappa shape index (κ2) is 7.27. The number of likely N-dealkylation sites (tertiary alicyclic amines) is 1. The number of fused-ring (bicyclic) bond motifs is 1. The molecule has 1 saturated heterocycles. The van der Waals surface area contributed by atoms with Gasteiger partial charge in [-0.25, -0.2) is 4.98 Å². The molecular formula is C21H27N5O. The smallest absolute Gasteiger partial charge is 0.182 e. The van der Waals surface area contributed by atoms with Crippen LogP contribution < -0.4 is 4.74 Å². The molecule has 3 aromatic rings. The summed E-state index contributed by atoms with van der Waals surface area (Å²) in [6.45, 7) is 7.44. The van der Waals surface area contributed by atoms with Gasteiger partial charge in [0.1, 0.15) is 11.3 Å². The summed E-state index contributed by atoms with van der Waals surface area (Å²) in [4.78, 5) is 6.99. The van der Waals surface area contributed by atoms with Crippen molar-refractivity contribution < 1.29 is 4.74 Å². The molecule has 27 heavy (non-hydrogen) atoms. The Labute approximate surface area is 160 Å². The minimum atomic E-state index is 0.680. The lowest BCUT2D eigenvalue weighted by atomic mass is 9.97. The zero-order valence-corrected chi connectivity index (χ0v) is 16.6. The fourth-order valence-electron chi connectivity index (χ4n) is 4.06. The summed E-state index contributed by atoms with van der Waals surface area (Å²) in [7, 11) is 3.89. The van der Waals surface area contributed by atoms with Crippen LogP contribution in [0.3, 0.4) is 0 Å². The van der Waals surface area contributed by atoms with Gasteiger partial charge in [-0.15, -0.1) is 10.2 Å². The van der Waals surface area contributed by atoms with Crippen molar-refractivity contribution in [3.05, 3.63) is 35.7 Å². The first kappa shape index (κ1) is 17.9. The number of benzene rings is 1. The van der Waals surface area contributed by atoms with Gasteiger partial charge in [0.2, 0.25) is 0 Å². The molecule has 4 rings (SSSR count). The van der Waals surface area contributed by atoms with Gasteiger partial charge in [0.25, 0.3) is 0 Å². The molecule has 0 atom stereocenters. The first-order valence-corrected chi connectivity index (χ1v) is 9.58. The van der Waals surface area contributed by atoms with E-state index in [1.165, 1.54) is 31.5 Å². The molecule has 2 aromatic heterocycles. The van der Waals surface area contributed by atoms with Crippen LogP contribution >= 0.6 is 0 Å². The fraction of sp³-hybridized carbons (Fsp3) is 0.476. The predicted molar refractivity (Wildman–Crippen MR) is 107 cm³/mol. The monoisotopic (exact) mass is 365 g/mol. The molecule has 1 aromatic carbocycles. The molecule has 1 aliphatic heterocycles. The Bertz CT molecular complexity index is 957. The third-order valence-electron chi connectivity index (χ3n) is 5.58. The van der Waals surface area contributed by atoms with Crippen molar-refractivity contribution in [2.45, 2.75) is 33.2 Å². The number of nitrogens with zero attached hydrogens (tertiary/aromatic N) is 5. The van der Waals surface area contributed by atoms with E-state index >= 15 is 0 Å². The van der Waals surface area contributed by atoms with E-state index in [0.717, 1.165) is 40.3 Å². The summed E-state index contributed by atoms with van der Waals surface area (Å²) in [5.41, 5.74) is 5.84. The molecule has 6 heteroatoms. The Morgan fingerprint density at radius 2 is 1.89 bits per heavy atom. The number of aryl methyl sites for hydroxylation is 2. The highest BCUT2D eigenvalue weighted by Crippen LogP contribution is 2.33. The lowest BCUT2D eigenvalue weighted by molar-refractivity contribution is 0.206. The van der Waals surface area contributed by atoms with Crippen LogP contribution in [0.2, 0.25) is 0 Å². The number of piperidine rings is 1. The molecule has 1 fully saturated rings. The molecule has 0 aliphatic carbocycles. The SMILES string of the molecule is COc1cc(C)cc(C)c1-c1cc2ncn(CC3CCN(C)CC3)c2nn1. The van der Waals surface area contributed by atoms with Crippen LogP contribution in [0.5, 0.6) is 5.75 Å². The molecule has 0 amide bonds. The number of hydrogen-bond donors (Lipinski definition) is 0. The molecular weight excluding hydrogens is 338 g/mol. The first-order chi connectivity index (χ1) is 13.0. The molecule has 0 bridgehead atoms. The first-order valence-electron chi connectivity index (χ1n) is 9.58. The summed E-state index contributed by atoms with van der Waals surface area (Å²) in [6.07, 6.45) is 4.35. The van der Waals surface area contributed by atoms with E-state index in [1.54, 1.807) is 7.11 Å². The molecule has 6 nitrogen and oxygen atoms in total. The van der Waals surface area contributed by atoms with Crippen LogP contribution in [0.1, 0.15) is 24.0 Å². The average molecular weight is 365 g/mol. The quantitative estimate of drug-likeness (QED) is 0.709. The van der Waals surface area contributed by atoms with Gasteiger partial charge in [-0.2, -0.15) is 0 Å². The molecule has 0 unspecified atom stereocenters. The number of imidazole rings is 1. The average Bonchev–Trinajstić information content (AvgIpc) is 3.05. The van der Waals surface area contributed by atoms with Crippen LogP contribution in [0.25, 0.3) is 22.4 Å². The van der Waals surface area contributed by atoms with Crippen LogP contribution in [-0.2, 0) is 6.54 Å². The van der Waals surface area contributed by atoms with E-state index in [2.05, 4.69) is 51.6 Å². The van der Waals surface area contributed by atoms with Crippen LogP contribution in [0, 0.1) is 19.8 Å². The Morgan fingerprint density at radius 1 is 1.11 bits per heavy atom. The summed E-state index contributed by atoms with van der Waals surface area (Å²) < 4.78 is 7.74. The van der Waals surface area contributed by atoms with E-state index in [0.29, 0.717) is 5.92 Å². The van der Waals surface area contributed by atoms with Gasteiger partial charge in [0.05, 0.1) is 19.1 Å². The number of rotatable bonds is 4. The minimum Gasteiger partial charge on any atom is -0.496 e. The zero-order chi connectivity index (χ0) is 19.0. The standard InChI is InChI=1S/C21H27N5O/c1-14-9-15(2)20(19(10-14)27-4)17-11-18-21(24-23-17)26(13-22-18)12-16-5-7-25(3)8-6-16/h9-11,13,16H,5-8,12H2,1-4H3. The minimum absolute atomic E-state index is 0.680. The third-order valence-corrected chi connectivity index (χ3v) is 5.58. The second-order valence-corrected chi connectivity index (χ2v) is 7.74. The highest BCUT2D eigenvalue weighted by Gasteiger charge is 2.19.